The van der Waals surface area contributed by atoms with Gasteiger partial charge in [0.15, 0.2) is 0 Å². The Kier molecular flexibility index (Phi) is 4.80. The average Bonchev–Trinajstić information content (AvgIpc) is 2.40. The Hall–Kier alpha value is -1.55. The van der Waals surface area contributed by atoms with Crippen molar-refractivity contribution >= 4 is 21.7 Å². The lowest BCUT2D eigenvalue weighted by molar-refractivity contribution is 0.304. The second kappa shape index (κ2) is 6.57. The first-order chi connectivity index (χ1) is 9.20. The SMILES string of the molecule is CCNc1ncccc1COc1ccc(C)cc1Br. The fourth-order valence-corrected chi connectivity index (χ4v) is 2.37. The highest BCUT2D eigenvalue weighted by Gasteiger charge is 2.05. The number of halogens is 1. The highest BCUT2D eigenvalue weighted by atomic mass is 79.9. The van der Waals surface area contributed by atoms with Crippen LogP contribution in [0.1, 0.15) is 18.1 Å². The molecule has 1 aromatic heterocycles. The molecule has 0 unspecified atom stereocenters. The van der Waals surface area contributed by atoms with E-state index in [9.17, 15) is 0 Å². The average molecular weight is 321 g/mol. The molecule has 2 rings (SSSR count). The summed E-state index contributed by atoms with van der Waals surface area (Å²) in [6.45, 7) is 5.45. The number of hydrogen-bond donors (Lipinski definition) is 1. The Morgan fingerprint density at radius 1 is 1.32 bits per heavy atom. The van der Waals surface area contributed by atoms with Gasteiger partial charge in [-0.3, -0.25) is 0 Å². The predicted molar refractivity (Wildman–Crippen MR) is 81.6 cm³/mol. The minimum absolute atomic E-state index is 0.498. The molecule has 2 aromatic rings. The van der Waals surface area contributed by atoms with E-state index in [1.807, 2.05) is 30.3 Å². The number of aromatic nitrogens is 1. The number of ether oxygens (including phenoxy) is 1. The van der Waals surface area contributed by atoms with Crippen molar-refractivity contribution in [1.82, 2.24) is 4.98 Å². The van der Waals surface area contributed by atoms with E-state index in [2.05, 4.69) is 40.1 Å². The largest absolute Gasteiger partial charge is 0.488 e. The Morgan fingerprint density at radius 2 is 2.16 bits per heavy atom. The molecule has 1 N–H and O–H groups in total. The number of hydrogen-bond acceptors (Lipinski definition) is 3. The smallest absolute Gasteiger partial charge is 0.134 e. The van der Waals surface area contributed by atoms with Gasteiger partial charge in [0, 0.05) is 18.3 Å². The Bertz CT molecular complexity index is 558. The number of nitrogens with one attached hydrogen (secondary N) is 1. The van der Waals surface area contributed by atoms with Crippen LogP contribution in [0.15, 0.2) is 41.0 Å². The summed E-state index contributed by atoms with van der Waals surface area (Å²) in [6.07, 6.45) is 1.78. The molecule has 0 aliphatic rings. The monoisotopic (exact) mass is 320 g/mol. The van der Waals surface area contributed by atoms with E-state index < -0.39 is 0 Å². The van der Waals surface area contributed by atoms with E-state index in [0.717, 1.165) is 28.1 Å². The summed E-state index contributed by atoms with van der Waals surface area (Å²) < 4.78 is 6.81. The minimum Gasteiger partial charge on any atom is -0.488 e. The predicted octanol–water partition coefficient (Wildman–Crippen LogP) is 4.16. The summed E-state index contributed by atoms with van der Waals surface area (Å²) >= 11 is 3.51. The van der Waals surface area contributed by atoms with Crippen molar-refractivity contribution in [3.05, 3.63) is 52.1 Å². The molecule has 0 aliphatic carbocycles. The third-order valence-electron chi connectivity index (χ3n) is 2.71. The van der Waals surface area contributed by atoms with Gasteiger partial charge in [-0.2, -0.15) is 0 Å². The van der Waals surface area contributed by atoms with Crippen molar-refractivity contribution in [1.29, 1.82) is 0 Å². The molecule has 0 atom stereocenters. The van der Waals surface area contributed by atoms with Gasteiger partial charge in [-0.15, -0.1) is 0 Å². The first-order valence-corrected chi connectivity index (χ1v) is 7.06. The van der Waals surface area contributed by atoms with Gasteiger partial charge < -0.3 is 10.1 Å². The maximum Gasteiger partial charge on any atom is 0.134 e. The zero-order valence-corrected chi connectivity index (χ0v) is 12.7. The molecule has 0 aliphatic heterocycles. The van der Waals surface area contributed by atoms with E-state index in [1.165, 1.54) is 5.56 Å². The second-order valence-corrected chi connectivity index (χ2v) is 5.12. The molecule has 0 spiro atoms. The van der Waals surface area contributed by atoms with Crippen LogP contribution >= 0.6 is 15.9 Å². The van der Waals surface area contributed by atoms with Crippen molar-refractivity contribution in [3.8, 4) is 5.75 Å². The Morgan fingerprint density at radius 3 is 2.89 bits per heavy atom. The third kappa shape index (κ3) is 3.70. The van der Waals surface area contributed by atoms with E-state index in [0.29, 0.717) is 6.61 Å². The van der Waals surface area contributed by atoms with Crippen molar-refractivity contribution < 1.29 is 4.74 Å². The zero-order chi connectivity index (χ0) is 13.7. The fourth-order valence-electron chi connectivity index (χ4n) is 1.76. The van der Waals surface area contributed by atoms with Crippen LogP contribution < -0.4 is 10.1 Å². The molecule has 0 saturated heterocycles. The van der Waals surface area contributed by atoms with Crippen molar-refractivity contribution in [2.45, 2.75) is 20.5 Å². The molecule has 1 heterocycles. The number of anilines is 1. The van der Waals surface area contributed by atoms with Crippen molar-refractivity contribution in [3.63, 3.8) is 0 Å². The molecule has 0 saturated carbocycles. The number of benzene rings is 1. The van der Waals surface area contributed by atoms with E-state index in [-0.39, 0.29) is 0 Å². The molecule has 4 heteroatoms. The molecule has 3 nitrogen and oxygen atoms in total. The fraction of sp³-hybridized carbons (Fsp3) is 0.267. The van der Waals surface area contributed by atoms with Gasteiger partial charge in [0.2, 0.25) is 0 Å². The normalized spacial score (nSPS) is 10.3. The molecule has 19 heavy (non-hydrogen) atoms. The maximum absolute atomic E-state index is 5.84. The van der Waals surface area contributed by atoms with Gasteiger partial charge in [-0.1, -0.05) is 12.1 Å². The molecule has 0 amide bonds. The Balaban J connectivity index is 2.10. The molecule has 1 aromatic carbocycles. The highest BCUT2D eigenvalue weighted by Crippen LogP contribution is 2.27. The quantitative estimate of drug-likeness (QED) is 0.898. The summed E-state index contributed by atoms with van der Waals surface area (Å²) in [4.78, 5) is 4.31. The van der Waals surface area contributed by atoms with Gasteiger partial charge in [0.25, 0.3) is 0 Å². The van der Waals surface area contributed by atoms with Gasteiger partial charge in [0.1, 0.15) is 18.2 Å². The number of pyridine rings is 1. The van der Waals surface area contributed by atoms with Crippen LogP contribution in [0.5, 0.6) is 5.75 Å². The van der Waals surface area contributed by atoms with E-state index in [4.69, 9.17) is 4.74 Å². The number of nitrogens with zero attached hydrogens (tertiary/aromatic N) is 1. The van der Waals surface area contributed by atoms with Crippen LogP contribution in [0.2, 0.25) is 0 Å². The summed E-state index contributed by atoms with van der Waals surface area (Å²) in [7, 11) is 0. The summed E-state index contributed by atoms with van der Waals surface area (Å²) in [5.74, 6) is 1.73. The first-order valence-electron chi connectivity index (χ1n) is 6.27. The second-order valence-electron chi connectivity index (χ2n) is 4.26. The van der Waals surface area contributed by atoms with Crippen LogP contribution in [0.25, 0.3) is 0 Å². The first kappa shape index (κ1) is 13.9. The van der Waals surface area contributed by atoms with E-state index in [1.54, 1.807) is 6.20 Å². The minimum atomic E-state index is 0.498. The summed E-state index contributed by atoms with van der Waals surface area (Å²) in [5, 5.41) is 3.23. The highest BCUT2D eigenvalue weighted by molar-refractivity contribution is 9.10. The molecule has 0 radical (unpaired) electrons. The van der Waals surface area contributed by atoms with Crippen LogP contribution in [0.4, 0.5) is 5.82 Å². The molecular formula is C15H17BrN2O. The topological polar surface area (TPSA) is 34.2 Å². The lowest BCUT2D eigenvalue weighted by Gasteiger charge is -2.12. The molecule has 100 valence electrons. The standard InChI is InChI=1S/C15H17BrN2O/c1-3-17-15-12(5-4-8-18-15)10-19-14-7-6-11(2)9-13(14)16/h4-9H,3,10H2,1-2H3,(H,17,18). The van der Waals surface area contributed by atoms with Crippen LogP contribution in [-0.2, 0) is 6.61 Å². The lowest BCUT2D eigenvalue weighted by atomic mass is 10.2. The molecule has 0 bridgehead atoms. The van der Waals surface area contributed by atoms with Gasteiger partial charge >= 0.3 is 0 Å². The number of rotatable bonds is 5. The lowest BCUT2D eigenvalue weighted by Crippen LogP contribution is -2.05. The van der Waals surface area contributed by atoms with Crippen LogP contribution in [0.3, 0.4) is 0 Å². The zero-order valence-electron chi connectivity index (χ0n) is 11.1. The van der Waals surface area contributed by atoms with Gasteiger partial charge in [-0.25, -0.2) is 4.98 Å². The molecule has 0 fully saturated rings. The number of aryl methyl sites for hydroxylation is 1. The molecular weight excluding hydrogens is 304 g/mol. The maximum atomic E-state index is 5.84. The van der Waals surface area contributed by atoms with Crippen LogP contribution in [-0.4, -0.2) is 11.5 Å². The van der Waals surface area contributed by atoms with Crippen molar-refractivity contribution in [2.24, 2.45) is 0 Å². The third-order valence-corrected chi connectivity index (χ3v) is 3.33. The summed E-state index contributed by atoms with van der Waals surface area (Å²) in [6, 6.07) is 10.00. The van der Waals surface area contributed by atoms with Crippen LogP contribution in [0, 0.1) is 6.92 Å². The van der Waals surface area contributed by atoms with Gasteiger partial charge in [-0.05, 0) is 53.5 Å². The summed E-state index contributed by atoms with van der Waals surface area (Å²) in [5.41, 5.74) is 2.26. The van der Waals surface area contributed by atoms with Crippen molar-refractivity contribution in [2.75, 3.05) is 11.9 Å². The van der Waals surface area contributed by atoms with E-state index >= 15 is 0 Å². The van der Waals surface area contributed by atoms with Gasteiger partial charge in [0.05, 0.1) is 4.47 Å². The Labute approximate surface area is 122 Å².